The summed E-state index contributed by atoms with van der Waals surface area (Å²) in [6.45, 7) is 0.776. The first kappa shape index (κ1) is 16.7. The van der Waals surface area contributed by atoms with E-state index in [1.807, 2.05) is 19.0 Å². The number of likely N-dealkylation sites (N-methyl/N-ethyl adjacent to an activating group) is 1. The van der Waals surface area contributed by atoms with Crippen LogP contribution in [0.3, 0.4) is 0 Å². The van der Waals surface area contributed by atoms with Crippen molar-refractivity contribution in [2.45, 2.75) is 29.7 Å². The molecule has 1 saturated carbocycles. The molecule has 0 bridgehead atoms. The van der Waals surface area contributed by atoms with Crippen LogP contribution >= 0.6 is 0 Å². The molecule has 0 radical (unpaired) electrons. The number of benzene rings is 1. The summed E-state index contributed by atoms with van der Waals surface area (Å²) < 4.78 is 23.1. The Hall–Kier alpha value is -1.67. The van der Waals surface area contributed by atoms with Crippen molar-refractivity contribution in [3.8, 4) is 0 Å². The summed E-state index contributed by atoms with van der Waals surface area (Å²) in [6, 6.07) is 4.02. The molecular weight excluding hydrogens is 306 g/mol. The lowest BCUT2D eigenvalue weighted by atomic mass is 9.76. The maximum atomic E-state index is 11.6. The Labute approximate surface area is 130 Å². The molecule has 1 aromatic carbocycles. The van der Waals surface area contributed by atoms with Gasteiger partial charge in [-0.2, -0.15) is 0 Å². The van der Waals surface area contributed by atoms with Gasteiger partial charge in [0.2, 0.25) is 0 Å². The second-order valence-corrected chi connectivity index (χ2v) is 8.22. The van der Waals surface area contributed by atoms with Gasteiger partial charge < -0.3 is 10.2 Å². The molecule has 0 aromatic heterocycles. The molecule has 2 rings (SSSR count). The number of anilines is 1. The smallest absolute Gasteiger partial charge is 0.293 e. The Morgan fingerprint density at radius 2 is 2.00 bits per heavy atom. The normalized spacial score (nSPS) is 17.1. The molecule has 0 aliphatic heterocycles. The van der Waals surface area contributed by atoms with Crippen LogP contribution in [0.4, 0.5) is 11.4 Å². The van der Waals surface area contributed by atoms with Crippen LogP contribution < -0.4 is 5.32 Å². The fraction of sp³-hybridized carbons (Fsp3) is 0.571. The fourth-order valence-electron chi connectivity index (χ4n) is 2.82. The lowest BCUT2D eigenvalue weighted by molar-refractivity contribution is -0.384. The van der Waals surface area contributed by atoms with Crippen LogP contribution in [0.2, 0.25) is 0 Å². The van der Waals surface area contributed by atoms with E-state index in [1.54, 1.807) is 0 Å². The number of hydrogen-bond donors (Lipinski definition) is 1. The molecule has 0 saturated heterocycles. The van der Waals surface area contributed by atoms with Crippen molar-refractivity contribution in [1.82, 2.24) is 4.90 Å². The van der Waals surface area contributed by atoms with Crippen LogP contribution in [-0.4, -0.2) is 50.7 Å². The van der Waals surface area contributed by atoms with E-state index < -0.39 is 14.8 Å². The zero-order valence-corrected chi connectivity index (χ0v) is 13.8. The highest BCUT2D eigenvalue weighted by Gasteiger charge is 2.38. The Balaban J connectivity index is 2.36. The lowest BCUT2D eigenvalue weighted by Crippen LogP contribution is -2.52. The third kappa shape index (κ3) is 3.56. The molecule has 22 heavy (non-hydrogen) atoms. The molecule has 0 heterocycles. The van der Waals surface area contributed by atoms with Crippen molar-refractivity contribution in [2.75, 3.05) is 32.2 Å². The second-order valence-electron chi connectivity index (χ2n) is 6.20. The molecule has 0 amide bonds. The van der Waals surface area contributed by atoms with E-state index >= 15 is 0 Å². The third-order valence-corrected chi connectivity index (χ3v) is 5.03. The van der Waals surface area contributed by atoms with Gasteiger partial charge in [-0.15, -0.1) is 0 Å². The minimum Gasteiger partial charge on any atom is -0.373 e. The number of rotatable bonds is 6. The second kappa shape index (κ2) is 5.85. The maximum absolute atomic E-state index is 11.6. The standard InChI is InChI=1S/C14H21N3O4S/c1-16(2)10-14(7-4-8-14)15-12-6-5-11(22(3,20)21)9-13(12)17(18)19/h5-6,9,15H,4,7-8,10H2,1-3H3. The highest BCUT2D eigenvalue weighted by Crippen LogP contribution is 2.38. The SMILES string of the molecule is CN(C)CC1(Nc2ccc(S(C)(=O)=O)cc2[N+](=O)[O-])CCC1. The van der Waals surface area contributed by atoms with Gasteiger partial charge in [-0.05, 0) is 45.5 Å². The van der Waals surface area contributed by atoms with Crippen LogP contribution in [-0.2, 0) is 9.84 Å². The molecule has 0 spiro atoms. The highest BCUT2D eigenvalue weighted by molar-refractivity contribution is 7.90. The zero-order chi connectivity index (χ0) is 16.5. The average Bonchev–Trinajstić information content (AvgIpc) is 2.34. The number of sulfone groups is 1. The Morgan fingerprint density at radius 1 is 1.36 bits per heavy atom. The Bertz CT molecular complexity index is 681. The first-order valence-corrected chi connectivity index (χ1v) is 8.94. The molecule has 1 aromatic rings. The molecule has 0 unspecified atom stereocenters. The van der Waals surface area contributed by atoms with Gasteiger partial charge in [-0.25, -0.2) is 8.42 Å². The summed E-state index contributed by atoms with van der Waals surface area (Å²) in [4.78, 5) is 12.7. The van der Waals surface area contributed by atoms with E-state index in [0.717, 1.165) is 38.1 Å². The van der Waals surface area contributed by atoms with Crippen molar-refractivity contribution >= 4 is 21.2 Å². The number of nitrogens with zero attached hydrogens (tertiary/aromatic N) is 2. The van der Waals surface area contributed by atoms with Crippen LogP contribution in [0.5, 0.6) is 0 Å². The summed E-state index contributed by atoms with van der Waals surface area (Å²) >= 11 is 0. The molecule has 1 fully saturated rings. The predicted octanol–water partition coefficient (Wildman–Crippen LogP) is 1.89. The quantitative estimate of drug-likeness (QED) is 0.633. The topological polar surface area (TPSA) is 92.6 Å². The molecular formula is C14H21N3O4S. The summed E-state index contributed by atoms with van der Waals surface area (Å²) in [7, 11) is 0.452. The molecule has 1 aliphatic carbocycles. The minimum atomic E-state index is -3.47. The van der Waals surface area contributed by atoms with Crippen LogP contribution in [0.15, 0.2) is 23.1 Å². The molecule has 1 aliphatic rings. The van der Waals surface area contributed by atoms with E-state index in [4.69, 9.17) is 0 Å². The van der Waals surface area contributed by atoms with Crippen LogP contribution in [0.1, 0.15) is 19.3 Å². The first-order valence-electron chi connectivity index (χ1n) is 7.04. The number of nitro groups is 1. The van der Waals surface area contributed by atoms with Crippen molar-refractivity contribution < 1.29 is 13.3 Å². The highest BCUT2D eigenvalue weighted by atomic mass is 32.2. The van der Waals surface area contributed by atoms with Gasteiger partial charge in [0.1, 0.15) is 5.69 Å². The molecule has 0 atom stereocenters. The van der Waals surface area contributed by atoms with E-state index in [0.29, 0.717) is 5.69 Å². The predicted molar refractivity (Wildman–Crippen MR) is 85.0 cm³/mol. The fourth-order valence-corrected chi connectivity index (χ4v) is 3.46. The van der Waals surface area contributed by atoms with Gasteiger partial charge in [0.25, 0.3) is 5.69 Å². The zero-order valence-electron chi connectivity index (χ0n) is 13.0. The number of hydrogen-bond acceptors (Lipinski definition) is 6. The van der Waals surface area contributed by atoms with Gasteiger partial charge in [-0.3, -0.25) is 10.1 Å². The summed E-state index contributed by atoms with van der Waals surface area (Å²) in [5.74, 6) is 0. The van der Waals surface area contributed by atoms with Gasteiger partial charge in [0, 0.05) is 18.9 Å². The first-order chi connectivity index (χ1) is 10.1. The molecule has 8 heteroatoms. The van der Waals surface area contributed by atoms with Gasteiger partial charge in [-0.1, -0.05) is 0 Å². The largest absolute Gasteiger partial charge is 0.373 e. The molecule has 1 N–H and O–H groups in total. The lowest BCUT2D eigenvalue weighted by Gasteiger charge is -2.45. The Morgan fingerprint density at radius 3 is 2.41 bits per heavy atom. The Kier molecular flexibility index (Phi) is 4.44. The summed E-state index contributed by atoms with van der Waals surface area (Å²) in [5.41, 5.74) is -0.00663. The summed E-state index contributed by atoms with van der Waals surface area (Å²) in [5, 5.41) is 14.5. The van der Waals surface area contributed by atoms with Crippen LogP contribution in [0.25, 0.3) is 0 Å². The van der Waals surface area contributed by atoms with Crippen molar-refractivity contribution in [1.29, 1.82) is 0 Å². The average molecular weight is 327 g/mol. The van der Waals surface area contributed by atoms with Crippen molar-refractivity contribution in [2.24, 2.45) is 0 Å². The van der Waals surface area contributed by atoms with E-state index in [9.17, 15) is 18.5 Å². The van der Waals surface area contributed by atoms with Crippen molar-refractivity contribution in [3.05, 3.63) is 28.3 Å². The number of nitrogens with one attached hydrogen (secondary N) is 1. The molecule has 122 valence electrons. The van der Waals surface area contributed by atoms with Gasteiger partial charge >= 0.3 is 0 Å². The number of nitro benzene ring substituents is 1. The summed E-state index contributed by atoms with van der Waals surface area (Å²) in [6.07, 6.45) is 4.00. The minimum absolute atomic E-state index is 0.0416. The van der Waals surface area contributed by atoms with E-state index in [2.05, 4.69) is 5.32 Å². The molecule has 7 nitrogen and oxygen atoms in total. The van der Waals surface area contributed by atoms with Gasteiger partial charge in [0.05, 0.1) is 15.4 Å². The van der Waals surface area contributed by atoms with Crippen LogP contribution in [0, 0.1) is 10.1 Å². The van der Waals surface area contributed by atoms with Crippen molar-refractivity contribution in [3.63, 3.8) is 0 Å². The van der Waals surface area contributed by atoms with E-state index in [-0.39, 0.29) is 16.1 Å². The monoisotopic (exact) mass is 327 g/mol. The van der Waals surface area contributed by atoms with Gasteiger partial charge in [0.15, 0.2) is 9.84 Å². The maximum Gasteiger partial charge on any atom is 0.293 e. The van der Waals surface area contributed by atoms with E-state index in [1.165, 1.54) is 12.1 Å². The third-order valence-electron chi connectivity index (χ3n) is 3.92.